The molecule has 1 aromatic heterocycles. The lowest BCUT2D eigenvalue weighted by Gasteiger charge is -2.05. The van der Waals surface area contributed by atoms with Crippen LogP contribution in [0.4, 0.5) is 0 Å². The smallest absolute Gasteiger partial charge is 0.0302 e. The Kier molecular flexibility index (Phi) is 5.96. The Balaban J connectivity index is 2.00. The molecule has 2 heteroatoms. The van der Waals surface area contributed by atoms with Crippen molar-refractivity contribution >= 4 is 11.3 Å². The van der Waals surface area contributed by atoms with Crippen LogP contribution in [-0.2, 0) is 6.54 Å². The van der Waals surface area contributed by atoms with Crippen molar-refractivity contribution in [3.05, 3.63) is 21.9 Å². The summed E-state index contributed by atoms with van der Waals surface area (Å²) in [7, 11) is 0. The van der Waals surface area contributed by atoms with E-state index in [1.54, 1.807) is 0 Å². The van der Waals surface area contributed by atoms with Crippen LogP contribution in [-0.4, -0.2) is 6.54 Å². The summed E-state index contributed by atoms with van der Waals surface area (Å²) in [5, 5.41) is 5.68. The van der Waals surface area contributed by atoms with Crippen molar-refractivity contribution in [1.29, 1.82) is 0 Å². The maximum Gasteiger partial charge on any atom is 0.0302 e. The van der Waals surface area contributed by atoms with Gasteiger partial charge >= 0.3 is 0 Å². The fourth-order valence-electron chi connectivity index (χ4n) is 1.59. The molecule has 1 heterocycles. The van der Waals surface area contributed by atoms with E-state index in [2.05, 4.69) is 37.5 Å². The maximum absolute atomic E-state index is 3.51. The van der Waals surface area contributed by atoms with Crippen LogP contribution in [0.5, 0.6) is 0 Å². The van der Waals surface area contributed by atoms with E-state index in [0.717, 1.165) is 19.0 Å². The van der Waals surface area contributed by atoms with Crippen molar-refractivity contribution in [2.24, 2.45) is 5.92 Å². The van der Waals surface area contributed by atoms with E-state index in [1.807, 2.05) is 11.3 Å². The summed E-state index contributed by atoms with van der Waals surface area (Å²) in [6.07, 6.45) is 4.02. The first-order valence-electron chi connectivity index (χ1n) is 5.94. The molecule has 0 bridgehead atoms. The molecule has 15 heavy (non-hydrogen) atoms. The molecule has 0 spiro atoms. The average molecular weight is 225 g/mol. The first kappa shape index (κ1) is 12.7. The van der Waals surface area contributed by atoms with Crippen LogP contribution < -0.4 is 5.32 Å². The van der Waals surface area contributed by atoms with Gasteiger partial charge in [0, 0.05) is 11.4 Å². The fraction of sp³-hybridized carbons (Fsp3) is 0.692. The van der Waals surface area contributed by atoms with Crippen molar-refractivity contribution < 1.29 is 0 Å². The van der Waals surface area contributed by atoms with Crippen molar-refractivity contribution in [3.63, 3.8) is 0 Å². The van der Waals surface area contributed by atoms with Crippen LogP contribution in [0.1, 0.15) is 43.6 Å². The van der Waals surface area contributed by atoms with Gasteiger partial charge in [0.25, 0.3) is 0 Å². The van der Waals surface area contributed by atoms with E-state index < -0.39 is 0 Å². The molecule has 0 aliphatic rings. The maximum atomic E-state index is 3.51. The number of nitrogens with one attached hydrogen (secondary N) is 1. The lowest BCUT2D eigenvalue weighted by molar-refractivity contribution is 0.521. The normalized spacial score (nSPS) is 11.2. The van der Waals surface area contributed by atoms with Crippen LogP contribution >= 0.6 is 11.3 Å². The molecule has 1 rings (SSSR count). The molecular weight excluding hydrogens is 202 g/mol. The Labute approximate surface area is 97.9 Å². The molecule has 1 N–H and O–H groups in total. The van der Waals surface area contributed by atoms with Crippen LogP contribution in [0, 0.1) is 12.8 Å². The molecule has 0 unspecified atom stereocenters. The highest BCUT2D eigenvalue weighted by Gasteiger charge is 1.98. The first-order chi connectivity index (χ1) is 7.20. The number of unbranched alkanes of at least 4 members (excludes halogenated alkanes) is 1. The molecule has 0 aromatic carbocycles. The standard InChI is InChI=1S/C13H23NS/c1-11(2)6-4-5-8-14-10-13-12(3)7-9-15-13/h7,9,11,14H,4-6,8,10H2,1-3H3. The van der Waals surface area contributed by atoms with Crippen molar-refractivity contribution in [1.82, 2.24) is 5.32 Å². The van der Waals surface area contributed by atoms with Gasteiger partial charge in [-0.1, -0.05) is 26.7 Å². The Morgan fingerprint density at radius 3 is 2.73 bits per heavy atom. The average Bonchev–Trinajstić information content (AvgIpc) is 2.57. The second-order valence-electron chi connectivity index (χ2n) is 4.59. The molecule has 0 amide bonds. The molecule has 0 saturated carbocycles. The second-order valence-corrected chi connectivity index (χ2v) is 5.59. The number of hydrogen-bond donors (Lipinski definition) is 1. The minimum atomic E-state index is 0.851. The van der Waals surface area contributed by atoms with E-state index in [9.17, 15) is 0 Å². The summed E-state index contributed by atoms with van der Waals surface area (Å²) >= 11 is 1.86. The van der Waals surface area contributed by atoms with E-state index in [4.69, 9.17) is 0 Å². The van der Waals surface area contributed by atoms with E-state index >= 15 is 0 Å². The lowest BCUT2D eigenvalue weighted by Crippen LogP contribution is -2.14. The fourth-order valence-corrected chi connectivity index (χ4v) is 2.47. The lowest BCUT2D eigenvalue weighted by atomic mass is 10.1. The molecular formula is C13H23NS. The first-order valence-corrected chi connectivity index (χ1v) is 6.82. The monoisotopic (exact) mass is 225 g/mol. The van der Waals surface area contributed by atoms with Crippen molar-refractivity contribution in [2.75, 3.05) is 6.54 Å². The number of rotatable bonds is 7. The van der Waals surface area contributed by atoms with Gasteiger partial charge < -0.3 is 5.32 Å². The highest BCUT2D eigenvalue weighted by Crippen LogP contribution is 2.14. The summed E-state index contributed by atoms with van der Waals surface area (Å²) in [6.45, 7) is 8.98. The third-order valence-corrected chi connectivity index (χ3v) is 3.66. The zero-order valence-electron chi connectivity index (χ0n) is 10.2. The predicted molar refractivity (Wildman–Crippen MR) is 69.5 cm³/mol. The quantitative estimate of drug-likeness (QED) is 0.692. The van der Waals surface area contributed by atoms with Gasteiger partial charge in [-0.25, -0.2) is 0 Å². The van der Waals surface area contributed by atoms with Gasteiger partial charge in [-0.05, 0) is 42.8 Å². The predicted octanol–water partition coefficient (Wildman–Crippen LogP) is 3.97. The van der Waals surface area contributed by atoms with Crippen LogP contribution in [0.2, 0.25) is 0 Å². The van der Waals surface area contributed by atoms with Gasteiger partial charge in [0.1, 0.15) is 0 Å². The number of thiophene rings is 1. The third-order valence-electron chi connectivity index (χ3n) is 2.64. The Bertz CT molecular complexity index is 265. The summed E-state index contributed by atoms with van der Waals surface area (Å²) in [5.41, 5.74) is 1.43. The Hall–Kier alpha value is -0.340. The third kappa shape index (κ3) is 5.33. The molecule has 1 aromatic rings. The van der Waals surface area contributed by atoms with Gasteiger partial charge in [0.05, 0.1) is 0 Å². The van der Waals surface area contributed by atoms with Crippen molar-refractivity contribution in [2.45, 2.75) is 46.6 Å². The van der Waals surface area contributed by atoms with E-state index in [-0.39, 0.29) is 0 Å². The molecule has 0 radical (unpaired) electrons. The molecule has 0 fully saturated rings. The molecule has 0 saturated heterocycles. The minimum absolute atomic E-state index is 0.851. The molecule has 0 atom stereocenters. The van der Waals surface area contributed by atoms with E-state index in [1.165, 1.54) is 29.7 Å². The summed E-state index contributed by atoms with van der Waals surface area (Å²) in [6, 6.07) is 2.19. The molecule has 0 aliphatic heterocycles. The highest BCUT2D eigenvalue weighted by molar-refractivity contribution is 7.10. The van der Waals surface area contributed by atoms with E-state index in [0.29, 0.717) is 0 Å². The van der Waals surface area contributed by atoms with Gasteiger partial charge in [-0.3, -0.25) is 0 Å². The zero-order chi connectivity index (χ0) is 11.1. The SMILES string of the molecule is Cc1ccsc1CNCCCCC(C)C. The van der Waals surface area contributed by atoms with Gasteiger partial charge in [-0.15, -0.1) is 11.3 Å². The summed E-state index contributed by atoms with van der Waals surface area (Å²) in [5.74, 6) is 0.851. The summed E-state index contributed by atoms with van der Waals surface area (Å²) in [4.78, 5) is 1.49. The van der Waals surface area contributed by atoms with Gasteiger partial charge in [0.2, 0.25) is 0 Å². The Morgan fingerprint density at radius 1 is 1.33 bits per heavy atom. The van der Waals surface area contributed by atoms with Gasteiger partial charge in [0.15, 0.2) is 0 Å². The van der Waals surface area contributed by atoms with Gasteiger partial charge in [-0.2, -0.15) is 0 Å². The number of hydrogen-bond acceptors (Lipinski definition) is 2. The van der Waals surface area contributed by atoms with Crippen LogP contribution in [0.3, 0.4) is 0 Å². The molecule has 1 nitrogen and oxygen atoms in total. The van der Waals surface area contributed by atoms with Crippen LogP contribution in [0.25, 0.3) is 0 Å². The molecule has 0 aliphatic carbocycles. The van der Waals surface area contributed by atoms with Crippen molar-refractivity contribution in [3.8, 4) is 0 Å². The Morgan fingerprint density at radius 2 is 2.13 bits per heavy atom. The topological polar surface area (TPSA) is 12.0 Å². The number of aryl methyl sites for hydroxylation is 1. The largest absolute Gasteiger partial charge is 0.312 e. The molecule has 86 valence electrons. The highest BCUT2D eigenvalue weighted by atomic mass is 32.1. The minimum Gasteiger partial charge on any atom is -0.312 e. The summed E-state index contributed by atoms with van der Waals surface area (Å²) < 4.78 is 0. The zero-order valence-corrected chi connectivity index (χ0v) is 11.0. The second kappa shape index (κ2) is 7.02. The van der Waals surface area contributed by atoms with Crippen LogP contribution in [0.15, 0.2) is 11.4 Å².